The van der Waals surface area contributed by atoms with Gasteiger partial charge in [-0.3, -0.25) is 4.79 Å². The molecule has 2 aliphatic carbocycles. The highest BCUT2D eigenvalue weighted by atomic mass is 32.2. The minimum absolute atomic E-state index is 0.0759. The van der Waals surface area contributed by atoms with Crippen molar-refractivity contribution in [2.24, 2.45) is 29.1 Å². The first kappa shape index (κ1) is 44.1. The van der Waals surface area contributed by atoms with Crippen LogP contribution in [0.15, 0.2) is 48.2 Å². The summed E-state index contributed by atoms with van der Waals surface area (Å²) >= 11 is 6.73. The first-order chi connectivity index (χ1) is 27.3. The van der Waals surface area contributed by atoms with Gasteiger partial charge in [0.05, 0.1) is 52.2 Å². The molecule has 3 saturated heterocycles. The molecule has 1 aromatic rings. The molecule has 1 unspecified atom stereocenters. The number of benzene rings is 1. The van der Waals surface area contributed by atoms with Crippen LogP contribution in [-0.4, -0.2) is 118 Å². The fourth-order valence-electron chi connectivity index (χ4n) is 10.4. The number of hydrogen-bond acceptors (Lipinski definition) is 15. The smallest absolute Gasteiger partial charge is 0.366 e. The number of ketones is 1. The Morgan fingerprint density at radius 1 is 1.07 bits per heavy atom. The molecule has 12 atom stereocenters. The third kappa shape index (κ3) is 7.41. The van der Waals surface area contributed by atoms with Gasteiger partial charge in [-0.2, -0.15) is 0 Å². The number of hydrogen-bond donors (Lipinski definition) is 1. The molecule has 1 aromatic carbocycles. The van der Waals surface area contributed by atoms with Gasteiger partial charge in [0, 0.05) is 55.1 Å². The average molecular weight is 849 g/mol. The number of carbonyl (C=O) groups excluding carboxylic acids is 3. The van der Waals surface area contributed by atoms with Crippen molar-refractivity contribution in [3.63, 3.8) is 0 Å². The second-order valence-electron chi connectivity index (χ2n) is 15.6. The first-order valence-corrected chi connectivity index (χ1v) is 23.8. The molecule has 5 aliphatic rings. The number of rotatable bonds is 14. The van der Waals surface area contributed by atoms with E-state index in [-0.39, 0.29) is 32.7 Å². The van der Waals surface area contributed by atoms with Crippen LogP contribution in [0.2, 0.25) is 18.1 Å². The summed E-state index contributed by atoms with van der Waals surface area (Å²) < 4.78 is 56.9. The molecule has 5 fully saturated rings. The molecule has 3 aliphatic heterocycles. The molecule has 13 nitrogen and oxygen atoms in total. The van der Waals surface area contributed by atoms with Crippen LogP contribution >= 0.6 is 24.0 Å². The Hall–Kier alpha value is -2.47. The van der Waals surface area contributed by atoms with E-state index in [0.29, 0.717) is 16.4 Å². The number of thiocarbonyl (C=S) groups is 1. The van der Waals surface area contributed by atoms with Gasteiger partial charge in [0.15, 0.2) is 26.0 Å². The van der Waals surface area contributed by atoms with Crippen molar-refractivity contribution in [3.05, 3.63) is 53.8 Å². The van der Waals surface area contributed by atoms with Crippen molar-refractivity contribution in [1.82, 2.24) is 0 Å². The highest BCUT2D eigenvalue weighted by Crippen LogP contribution is 2.69. The van der Waals surface area contributed by atoms with E-state index < -0.39 is 97.2 Å². The maximum atomic E-state index is 15.5. The van der Waals surface area contributed by atoms with Crippen LogP contribution in [0.5, 0.6) is 0 Å². The van der Waals surface area contributed by atoms with Crippen LogP contribution in [0.4, 0.5) is 0 Å². The summed E-state index contributed by atoms with van der Waals surface area (Å²) in [4.78, 5) is 43.9. The molecule has 314 valence electrons. The molecular weight excluding hydrogens is 793 g/mol. The number of Topliss-reactive ketones (excluding diaryl/α,β-unsaturated/α-hetero) is 1. The van der Waals surface area contributed by atoms with Gasteiger partial charge in [-0.1, -0.05) is 69.4 Å². The highest BCUT2D eigenvalue weighted by molar-refractivity contribution is 8.22. The summed E-state index contributed by atoms with van der Waals surface area (Å²) in [5.74, 6) is -8.46. The zero-order chi connectivity index (χ0) is 41.3. The lowest BCUT2D eigenvalue weighted by Crippen LogP contribution is -2.73. The van der Waals surface area contributed by atoms with Crippen LogP contribution in [0.3, 0.4) is 0 Å². The monoisotopic (exact) mass is 848 g/mol. The quantitative estimate of drug-likeness (QED) is 0.114. The van der Waals surface area contributed by atoms with Crippen LogP contribution in [0, 0.1) is 29.1 Å². The number of esters is 2. The van der Waals surface area contributed by atoms with Gasteiger partial charge in [0.1, 0.15) is 12.2 Å². The lowest BCUT2D eigenvalue weighted by molar-refractivity contribution is -0.261. The van der Waals surface area contributed by atoms with E-state index in [9.17, 15) is 14.7 Å². The Bertz CT molecular complexity index is 1710. The highest BCUT2D eigenvalue weighted by Gasteiger charge is 2.82. The molecule has 6 rings (SSSR count). The number of methoxy groups -OCH3 is 3. The third-order valence-corrected chi connectivity index (χ3v) is 19.1. The molecule has 1 N–H and O–H groups in total. The van der Waals surface area contributed by atoms with E-state index in [1.54, 1.807) is 0 Å². The Balaban J connectivity index is 1.60. The van der Waals surface area contributed by atoms with Gasteiger partial charge in [-0.25, -0.2) is 9.59 Å². The van der Waals surface area contributed by atoms with E-state index in [4.69, 9.17) is 54.5 Å². The minimum Gasteiger partial charge on any atom is -0.475 e. The molecular formula is C41H56O13S2Si. The van der Waals surface area contributed by atoms with Crippen molar-refractivity contribution in [3.8, 4) is 0 Å². The average Bonchev–Trinajstić information content (AvgIpc) is 3.85. The fourth-order valence-corrected chi connectivity index (χ4v) is 13.7. The van der Waals surface area contributed by atoms with Crippen molar-refractivity contribution in [2.75, 3.05) is 40.8 Å². The Morgan fingerprint density at radius 2 is 1.75 bits per heavy atom. The summed E-state index contributed by atoms with van der Waals surface area (Å²) in [6.45, 7) is 10.00. The summed E-state index contributed by atoms with van der Waals surface area (Å²) in [6.07, 6.45) is -1.83. The van der Waals surface area contributed by atoms with Gasteiger partial charge in [-0.05, 0) is 42.2 Å². The van der Waals surface area contributed by atoms with Crippen LogP contribution in [0.25, 0.3) is 0 Å². The summed E-state index contributed by atoms with van der Waals surface area (Å²) in [5.41, 5.74) is 0.816. The summed E-state index contributed by atoms with van der Waals surface area (Å²) in [7, 11) is 1.40. The van der Waals surface area contributed by atoms with E-state index in [1.807, 2.05) is 36.6 Å². The Labute approximate surface area is 345 Å². The van der Waals surface area contributed by atoms with Gasteiger partial charge in [0.2, 0.25) is 4.38 Å². The maximum Gasteiger partial charge on any atom is 0.366 e. The van der Waals surface area contributed by atoms with Crippen LogP contribution in [-0.2, 0) is 63.3 Å². The number of ether oxygens (including phenoxy) is 8. The molecule has 0 amide bonds. The van der Waals surface area contributed by atoms with Crippen molar-refractivity contribution >= 4 is 54.4 Å². The zero-order valence-corrected chi connectivity index (χ0v) is 36.4. The Morgan fingerprint density at radius 3 is 2.35 bits per heavy atom. The van der Waals surface area contributed by atoms with Crippen molar-refractivity contribution in [1.29, 1.82) is 0 Å². The molecule has 0 aromatic heterocycles. The first-order valence-electron chi connectivity index (χ1n) is 19.7. The SMILES string of the molecule is C=C=C([C@H]1C(=O)[C@@H]2OCC3[C@H]2[C@]2(CO[C@](OCc4ccccc4)(C(=O)OC)[C@@H]12)[C@@H](O[Si](CC)(CC)CC)C[C@]3(O)C(=O)OC)[C@@H]1C[C@@H](OC(=S)SC)C[C@@H](OC)O1. The molecule has 3 heterocycles. The minimum atomic E-state index is -2.59. The van der Waals surface area contributed by atoms with E-state index in [2.05, 4.69) is 33.1 Å². The van der Waals surface area contributed by atoms with Crippen molar-refractivity contribution < 1.29 is 61.8 Å². The van der Waals surface area contributed by atoms with Gasteiger partial charge < -0.3 is 47.4 Å². The van der Waals surface area contributed by atoms with E-state index >= 15 is 4.79 Å². The molecule has 2 saturated carbocycles. The molecule has 1 spiro atoms. The second kappa shape index (κ2) is 17.6. The number of aliphatic hydroxyl groups is 1. The Kier molecular flexibility index (Phi) is 13.6. The van der Waals surface area contributed by atoms with Gasteiger partial charge >= 0.3 is 11.9 Å². The van der Waals surface area contributed by atoms with Crippen LogP contribution in [0.1, 0.15) is 45.6 Å². The lowest BCUT2D eigenvalue weighted by Gasteiger charge is -2.61. The predicted molar refractivity (Wildman–Crippen MR) is 215 cm³/mol. The molecule has 0 bridgehead atoms. The molecule has 0 radical (unpaired) electrons. The summed E-state index contributed by atoms with van der Waals surface area (Å²) in [5, 5.41) is 12.5. The van der Waals surface area contributed by atoms with Gasteiger partial charge in [-0.15, -0.1) is 5.73 Å². The number of carbonyl (C=O) groups is 3. The second-order valence-corrected chi connectivity index (χ2v) is 21.8. The van der Waals surface area contributed by atoms with E-state index in [1.165, 1.54) is 33.1 Å². The fraction of sp³-hybridized carbons (Fsp3) is 0.683. The van der Waals surface area contributed by atoms with Gasteiger partial charge in [0.25, 0.3) is 5.79 Å². The van der Waals surface area contributed by atoms with Crippen molar-refractivity contribution in [2.45, 2.75) is 107 Å². The largest absolute Gasteiger partial charge is 0.475 e. The normalized spacial score (nSPS) is 37.1. The predicted octanol–water partition coefficient (Wildman–Crippen LogP) is 5.13. The topological polar surface area (TPSA) is 155 Å². The zero-order valence-electron chi connectivity index (χ0n) is 33.8. The summed E-state index contributed by atoms with van der Waals surface area (Å²) in [6, 6.07) is 11.5. The lowest BCUT2D eigenvalue weighted by atomic mass is 9.44. The van der Waals surface area contributed by atoms with Crippen LogP contribution < -0.4 is 0 Å². The molecule has 16 heteroatoms. The third-order valence-electron chi connectivity index (χ3n) is 13.4. The molecule has 57 heavy (non-hydrogen) atoms. The standard InChI is InChI=1S/C41H56O13S2Si/c1-9-26(28-18-25(52-38(55)56-8)19-30(46-5)53-28)31-33(42)34-32-27(22-49-34)40(45,36(43)47-6)20-29(54-57(10-2,11-3)12-4)39(32)23-51-41(35(31)39,37(44)48-7)50-21-24-16-14-13-15-17-24/h13-17,25,27-32,34-35,45H,1,10-12,18-23H2,2-8H3/t25-,27?,28+,29+,30+,31+,32-,34-,35+,39+,40-,41+/m1/s1. The van der Waals surface area contributed by atoms with E-state index in [0.717, 1.165) is 23.7 Å². The maximum absolute atomic E-state index is 15.5. The number of thioether (sulfide) groups is 1.